The standard InChI is InChI=1S/C23H24F4N6O/c1-14-10-17(21(18(24)11-14)33-30-7-8-31-33)22(34)32-9-3-4-15(2)19(32)13-29-20-6-5-16(12-28-20)23(25,26)27/h5-8,10-12,15,19H,3-4,9,13H2,1-2H3,(H,28,29)/t15-,19?/m1/s1. The van der Waals surface area contributed by atoms with Gasteiger partial charge in [0.25, 0.3) is 5.91 Å². The minimum atomic E-state index is -4.46. The Bertz CT molecular complexity index is 1150. The van der Waals surface area contributed by atoms with Crippen LogP contribution in [0.5, 0.6) is 0 Å². The molecule has 0 radical (unpaired) electrons. The Morgan fingerprint density at radius 1 is 1.21 bits per heavy atom. The Balaban J connectivity index is 1.59. The number of hydrogen-bond donors (Lipinski definition) is 1. The largest absolute Gasteiger partial charge is 0.417 e. The maximum atomic E-state index is 14.9. The van der Waals surface area contributed by atoms with Crippen LogP contribution in [0.3, 0.4) is 0 Å². The minimum absolute atomic E-state index is 0.0186. The maximum Gasteiger partial charge on any atom is 0.417 e. The topological polar surface area (TPSA) is 75.9 Å². The van der Waals surface area contributed by atoms with E-state index in [9.17, 15) is 22.4 Å². The summed E-state index contributed by atoms with van der Waals surface area (Å²) in [6, 6.07) is 4.89. The average Bonchev–Trinajstić information content (AvgIpc) is 3.31. The highest BCUT2D eigenvalue weighted by atomic mass is 19.4. The Morgan fingerprint density at radius 3 is 2.59 bits per heavy atom. The first-order chi connectivity index (χ1) is 16.1. The summed E-state index contributed by atoms with van der Waals surface area (Å²) in [4.78, 5) is 20.3. The number of aryl methyl sites for hydroxylation is 1. The monoisotopic (exact) mass is 476 g/mol. The molecule has 1 aromatic carbocycles. The van der Waals surface area contributed by atoms with Gasteiger partial charge in [0.1, 0.15) is 11.5 Å². The number of hydrogen-bond acceptors (Lipinski definition) is 5. The molecule has 3 heterocycles. The van der Waals surface area contributed by atoms with E-state index in [0.29, 0.717) is 12.1 Å². The van der Waals surface area contributed by atoms with Crippen LogP contribution in [0.4, 0.5) is 23.4 Å². The third-order valence-corrected chi connectivity index (χ3v) is 6.02. The molecule has 1 saturated heterocycles. The molecule has 11 heteroatoms. The zero-order valence-electron chi connectivity index (χ0n) is 18.7. The predicted molar refractivity (Wildman–Crippen MR) is 117 cm³/mol. The second-order valence-electron chi connectivity index (χ2n) is 8.46. The molecule has 1 aliphatic rings. The first kappa shape index (κ1) is 23.7. The summed E-state index contributed by atoms with van der Waals surface area (Å²) in [6.45, 7) is 4.47. The number of pyridine rings is 1. The number of rotatable bonds is 5. The lowest BCUT2D eigenvalue weighted by atomic mass is 9.89. The number of aromatic nitrogens is 4. The Labute approximate surface area is 193 Å². The number of halogens is 4. The molecular formula is C23H24F4N6O. The summed E-state index contributed by atoms with van der Waals surface area (Å²) in [7, 11) is 0. The molecule has 0 spiro atoms. The molecule has 3 aromatic rings. The van der Waals surface area contributed by atoms with Crippen molar-refractivity contribution < 1.29 is 22.4 Å². The summed E-state index contributed by atoms with van der Waals surface area (Å²) in [6.07, 6.45) is 0.782. The van der Waals surface area contributed by atoms with Crippen molar-refractivity contribution in [3.05, 3.63) is 65.4 Å². The summed E-state index contributed by atoms with van der Waals surface area (Å²) >= 11 is 0. The molecule has 180 valence electrons. The molecule has 1 unspecified atom stereocenters. The van der Waals surface area contributed by atoms with Crippen molar-refractivity contribution in [3.63, 3.8) is 0 Å². The number of nitrogens with one attached hydrogen (secondary N) is 1. The highest BCUT2D eigenvalue weighted by Gasteiger charge is 2.35. The lowest BCUT2D eigenvalue weighted by molar-refractivity contribution is -0.137. The van der Waals surface area contributed by atoms with Crippen LogP contribution in [0, 0.1) is 18.7 Å². The van der Waals surface area contributed by atoms with Gasteiger partial charge < -0.3 is 10.2 Å². The van der Waals surface area contributed by atoms with Gasteiger partial charge in [0, 0.05) is 19.3 Å². The number of benzene rings is 1. The van der Waals surface area contributed by atoms with Crippen molar-refractivity contribution in [1.29, 1.82) is 0 Å². The van der Waals surface area contributed by atoms with Crippen LogP contribution in [0.1, 0.15) is 41.3 Å². The fourth-order valence-corrected chi connectivity index (χ4v) is 4.27. The van der Waals surface area contributed by atoms with E-state index in [1.807, 2.05) is 6.92 Å². The molecule has 4 rings (SSSR count). The van der Waals surface area contributed by atoms with Gasteiger partial charge in [-0.1, -0.05) is 6.92 Å². The van der Waals surface area contributed by atoms with Crippen molar-refractivity contribution in [2.24, 2.45) is 5.92 Å². The number of amides is 1. The Hall–Kier alpha value is -3.50. The third-order valence-electron chi connectivity index (χ3n) is 6.02. The summed E-state index contributed by atoms with van der Waals surface area (Å²) in [5, 5.41) is 11.0. The number of anilines is 1. The second kappa shape index (κ2) is 9.40. The second-order valence-corrected chi connectivity index (χ2v) is 8.46. The van der Waals surface area contributed by atoms with E-state index >= 15 is 0 Å². The lowest BCUT2D eigenvalue weighted by Gasteiger charge is -2.40. The molecular weight excluding hydrogens is 452 g/mol. The summed E-state index contributed by atoms with van der Waals surface area (Å²) < 4.78 is 53.3. The number of nitrogens with zero attached hydrogens (tertiary/aromatic N) is 5. The van der Waals surface area contributed by atoms with Gasteiger partial charge >= 0.3 is 6.18 Å². The minimum Gasteiger partial charge on any atom is -0.368 e. The van der Waals surface area contributed by atoms with Gasteiger partial charge in [0.15, 0.2) is 5.82 Å². The highest BCUT2D eigenvalue weighted by Crippen LogP contribution is 2.30. The number of likely N-dealkylation sites (tertiary alicyclic amines) is 1. The van der Waals surface area contributed by atoms with Crippen molar-refractivity contribution in [1.82, 2.24) is 24.9 Å². The highest BCUT2D eigenvalue weighted by molar-refractivity contribution is 5.98. The number of carbonyl (C=O) groups excluding carboxylic acids is 1. The predicted octanol–water partition coefficient (Wildman–Crippen LogP) is 4.48. The Morgan fingerprint density at radius 2 is 1.94 bits per heavy atom. The normalized spacial score (nSPS) is 18.7. The fraction of sp³-hybridized carbons (Fsp3) is 0.391. The van der Waals surface area contributed by atoms with Gasteiger partial charge in [-0.25, -0.2) is 9.37 Å². The zero-order chi connectivity index (χ0) is 24.5. The molecule has 1 aliphatic heterocycles. The van der Waals surface area contributed by atoms with E-state index in [4.69, 9.17) is 0 Å². The zero-order valence-corrected chi connectivity index (χ0v) is 18.7. The summed E-state index contributed by atoms with van der Waals surface area (Å²) in [5.41, 5.74) is -0.108. The first-order valence-electron chi connectivity index (χ1n) is 10.9. The molecule has 0 aliphatic carbocycles. The summed E-state index contributed by atoms with van der Waals surface area (Å²) in [5.74, 6) is -0.566. The van der Waals surface area contributed by atoms with Crippen molar-refractivity contribution in [2.45, 2.75) is 38.9 Å². The van der Waals surface area contributed by atoms with Crippen molar-refractivity contribution >= 4 is 11.7 Å². The van der Waals surface area contributed by atoms with Crippen LogP contribution in [0.15, 0.2) is 42.9 Å². The lowest BCUT2D eigenvalue weighted by Crippen LogP contribution is -2.51. The smallest absolute Gasteiger partial charge is 0.368 e. The molecule has 1 N–H and O–H groups in total. The van der Waals surface area contributed by atoms with Gasteiger partial charge in [-0.15, -0.1) is 4.80 Å². The molecule has 34 heavy (non-hydrogen) atoms. The van der Waals surface area contributed by atoms with Crippen LogP contribution in [-0.4, -0.2) is 49.9 Å². The van der Waals surface area contributed by atoms with Crippen molar-refractivity contribution in [2.75, 3.05) is 18.4 Å². The van der Waals surface area contributed by atoms with Gasteiger partial charge in [0.2, 0.25) is 0 Å². The maximum absolute atomic E-state index is 14.9. The van der Waals surface area contributed by atoms with E-state index in [1.165, 1.54) is 24.5 Å². The van der Waals surface area contributed by atoms with Crippen LogP contribution in [0.2, 0.25) is 0 Å². The molecule has 0 bridgehead atoms. The number of alkyl halides is 3. The molecule has 2 aromatic heterocycles. The van der Waals surface area contributed by atoms with E-state index in [2.05, 4.69) is 20.5 Å². The van der Waals surface area contributed by atoms with E-state index in [1.54, 1.807) is 17.9 Å². The third kappa shape index (κ3) is 4.87. The van der Waals surface area contributed by atoms with Gasteiger partial charge in [-0.3, -0.25) is 4.79 Å². The fourth-order valence-electron chi connectivity index (χ4n) is 4.27. The van der Waals surface area contributed by atoms with Gasteiger partial charge in [-0.2, -0.15) is 23.4 Å². The molecule has 2 atom stereocenters. The number of piperidine rings is 1. The first-order valence-corrected chi connectivity index (χ1v) is 10.9. The molecule has 1 amide bonds. The van der Waals surface area contributed by atoms with E-state index in [-0.39, 0.29) is 41.5 Å². The van der Waals surface area contributed by atoms with Crippen LogP contribution >= 0.6 is 0 Å². The van der Waals surface area contributed by atoms with Crippen LogP contribution in [-0.2, 0) is 6.18 Å². The van der Waals surface area contributed by atoms with Gasteiger partial charge in [-0.05, 0) is 55.5 Å². The quantitative estimate of drug-likeness (QED) is 0.550. The van der Waals surface area contributed by atoms with E-state index < -0.39 is 17.6 Å². The molecule has 1 fully saturated rings. The average molecular weight is 476 g/mol. The van der Waals surface area contributed by atoms with Crippen LogP contribution < -0.4 is 5.32 Å². The van der Waals surface area contributed by atoms with E-state index in [0.717, 1.165) is 29.9 Å². The molecule has 0 saturated carbocycles. The SMILES string of the molecule is Cc1cc(F)c(-n2nccn2)c(C(=O)N2CCC[C@@H](C)C2CNc2ccc(C(F)(F)F)cn2)c1. The van der Waals surface area contributed by atoms with Crippen molar-refractivity contribution in [3.8, 4) is 5.69 Å². The Kier molecular flexibility index (Phi) is 6.54. The van der Waals surface area contributed by atoms with Gasteiger partial charge in [0.05, 0.1) is 29.6 Å². The number of carbonyl (C=O) groups is 1. The van der Waals surface area contributed by atoms with Crippen LogP contribution in [0.25, 0.3) is 5.69 Å². The molecule has 7 nitrogen and oxygen atoms in total.